The van der Waals surface area contributed by atoms with Crippen molar-refractivity contribution >= 4 is 15.9 Å². The second kappa shape index (κ2) is 10.7. The summed E-state index contributed by atoms with van der Waals surface area (Å²) in [5.41, 5.74) is 1.76. The van der Waals surface area contributed by atoms with Crippen molar-refractivity contribution in [3.8, 4) is 5.75 Å². The van der Waals surface area contributed by atoms with Crippen LogP contribution in [0.1, 0.15) is 36.9 Å². The van der Waals surface area contributed by atoms with E-state index < -0.39 is 10.0 Å². The van der Waals surface area contributed by atoms with Gasteiger partial charge in [0, 0.05) is 19.5 Å². The molecular formula is C23H30N2O5S. The minimum atomic E-state index is -3.61. The van der Waals surface area contributed by atoms with E-state index in [1.54, 1.807) is 18.2 Å². The Kier molecular flexibility index (Phi) is 8.06. The lowest BCUT2D eigenvalue weighted by atomic mass is 10.0. The van der Waals surface area contributed by atoms with Crippen LogP contribution in [0.25, 0.3) is 0 Å². The monoisotopic (exact) mass is 446 g/mol. The molecule has 8 heteroatoms. The molecule has 0 saturated carbocycles. The van der Waals surface area contributed by atoms with Gasteiger partial charge in [0.2, 0.25) is 15.9 Å². The fraction of sp³-hybridized carbons (Fsp3) is 0.435. The van der Waals surface area contributed by atoms with Gasteiger partial charge in [0.1, 0.15) is 5.75 Å². The largest absolute Gasteiger partial charge is 0.496 e. The summed E-state index contributed by atoms with van der Waals surface area (Å²) in [6, 6.07) is 14.6. The zero-order valence-corrected chi connectivity index (χ0v) is 18.9. The SMILES string of the molecule is CC[C@@H](NC(=O)CCc1cc(S(=O)(=O)N2CCOCC2)ccc1OC)c1ccccc1. The molecule has 0 unspecified atom stereocenters. The lowest BCUT2D eigenvalue weighted by Crippen LogP contribution is -2.40. The second-order valence-corrected chi connectivity index (χ2v) is 9.37. The number of aryl methyl sites for hydroxylation is 1. The maximum absolute atomic E-state index is 13.0. The third kappa shape index (κ3) is 5.84. The Morgan fingerprint density at radius 1 is 1.16 bits per heavy atom. The number of ether oxygens (including phenoxy) is 2. The molecule has 1 saturated heterocycles. The Balaban J connectivity index is 1.70. The highest BCUT2D eigenvalue weighted by Crippen LogP contribution is 2.26. The Bertz CT molecular complexity index is 973. The van der Waals surface area contributed by atoms with Crippen molar-refractivity contribution in [3.63, 3.8) is 0 Å². The van der Waals surface area contributed by atoms with E-state index in [9.17, 15) is 13.2 Å². The van der Waals surface area contributed by atoms with Crippen LogP contribution in [-0.2, 0) is 26.0 Å². The third-order valence-electron chi connectivity index (χ3n) is 5.43. The van der Waals surface area contributed by atoms with Crippen molar-refractivity contribution < 1.29 is 22.7 Å². The summed E-state index contributed by atoms with van der Waals surface area (Å²) < 4.78 is 38.0. The number of amides is 1. The van der Waals surface area contributed by atoms with Crippen LogP contribution < -0.4 is 10.1 Å². The Morgan fingerprint density at radius 2 is 1.87 bits per heavy atom. The van der Waals surface area contributed by atoms with E-state index in [2.05, 4.69) is 5.32 Å². The Labute approximate surface area is 184 Å². The van der Waals surface area contributed by atoms with Crippen molar-refractivity contribution in [1.29, 1.82) is 0 Å². The molecule has 1 amide bonds. The molecule has 0 aromatic heterocycles. The lowest BCUT2D eigenvalue weighted by molar-refractivity contribution is -0.121. The van der Waals surface area contributed by atoms with Crippen molar-refractivity contribution in [1.82, 2.24) is 9.62 Å². The van der Waals surface area contributed by atoms with Crippen molar-refractivity contribution in [2.75, 3.05) is 33.4 Å². The average Bonchev–Trinajstić information content (AvgIpc) is 2.82. The van der Waals surface area contributed by atoms with Gasteiger partial charge in [-0.05, 0) is 42.2 Å². The molecule has 0 bridgehead atoms. The van der Waals surface area contributed by atoms with E-state index in [1.165, 1.54) is 11.4 Å². The fourth-order valence-electron chi connectivity index (χ4n) is 3.67. The van der Waals surface area contributed by atoms with E-state index in [0.717, 1.165) is 12.0 Å². The van der Waals surface area contributed by atoms with E-state index in [1.807, 2.05) is 37.3 Å². The smallest absolute Gasteiger partial charge is 0.243 e. The summed E-state index contributed by atoms with van der Waals surface area (Å²) in [6.07, 6.45) is 1.40. The van der Waals surface area contributed by atoms with Crippen molar-refractivity contribution in [2.24, 2.45) is 0 Å². The molecule has 1 atom stereocenters. The van der Waals surface area contributed by atoms with Gasteiger partial charge in [-0.2, -0.15) is 4.31 Å². The van der Waals surface area contributed by atoms with Crippen LogP contribution in [0.2, 0.25) is 0 Å². The van der Waals surface area contributed by atoms with E-state index in [-0.39, 0.29) is 23.3 Å². The lowest BCUT2D eigenvalue weighted by Gasteiger charge is -2.26. The van der Waals surface area contributed by atoms with E-state index in [0.29, 0.717) is 44.0 Å². The number of carbonyl (C=O) groups excluding carboxylic acids is 1. The molecule has 168 valence electrons. The first-order valence-electron chi connectivity index (χ1n) is 10.5. The zero-order chi connectivity index (χ0) is 22.3. The van der Waals surface area contributed by atoms with Crippen LogP contribution in [0, 0.1) is 0 Å². The number of nitrogens with zero attached hydrogens (tertiary/aromatic N) is 1. The highest BCUT2D eigenvalue weighted by atomic mass is 32.2. The van der Waals surface area contributed by atoms with Crippen LogP contribution in [0.5, 0.6) is 5.75 Å². The molecule has 1 heterocycles. The molecule has 7 nitrogen and oxygen atoms in total. The highest BCUT2D eigenvalue weighted by Gasteiger charge is 2.27. The molecule has 2 aromatic carbocycles. The van der Waals surface area contributed by atoms with Crippen LogP contribution in [0.4, 0.5) is 0 Å². The van der Waals surface area contributed by atoms with Crippen molar-refractivity contribution in [2.45, 2.75) is 37.1 Å². The topological polar surface area (TPSA) is 84.9 Å². The minimum Gasteiger partial charge on any atom is -0.496 e. The van der Waals surface area contributed by atoms with Gasteiger partial charge in [0.05, 0.1) is 31.3 Å². The summed E-state index contributed by atoms with van der Waals surface area (Å²) in [5, 5.41) is 3.07. The summed E-state index contributed by atoms with van der Waals surface area (Å²) >= 11 is 0. The predicted molar refractivity (Wildman–Crippen MR) is 119 cm³/mol. The first-order chi connectivity index (χ1) is 15.0. The number of nitrogens with one attached hydrogen (secondary N) is 1. The molecule has 1 N–H and O–H groups in total. The maximum Gasteiger partial charge on any atom is 0.243 e. The molecule has 1 aliphatic heterocycles. The third-order valence-corrected chi connectivity index (χ3v) is 7.32. The first kappa shape index (κ1) is 23.2. The molecule has 0 spiro atoms. The molecule has 3 rings (SSSR count). The molecule has 0 radical (unpaired) electrons. The number of methoxy groups -OCH3 is 1. The van der Waals surface area contributed by atoms with E-state index >= 15 is 0 Å². The quantitative estimate of drug-likeness (QED) is 0.640. The second-order valence-electron chi connectivity index (χ2n) is 7.43. The number of hydrogen-bond acceptors (Lipinski definition) is 5. The average molecular weight is 447 g/mol. The van der Waals surface area contributed by atoms with Gasteiger partial charge in [-0.3, -0.25) is 4.79 Å². The van der Waals surface area contributed by atoms with E-state index in [4.69, 9.17) is 9.47 Å². The minimum absolute atomic E-state index is 0.0522. The van der Waals surface area contributed by atoms with Gasteiger partial charge >= 0.3 is 0 Å². The summed E-state index contributed by atoms with van der Waals surface area (Å²) in [7, 11) is -2.07. The maximum atomic E-state index is 13.0. The van der Waals surface area contributed by atoms with Gasteiger partial charge in [-0.15, -0.1) is 0 Å². The number of hydrogen-bond donors (Lipinski definition) is 1. The number of morpholine rings is 1. The van der Waals surface area contributed by atoms with Gasteiger partial charge in [0.15, 0.2) is 0 Å². The van der Waals surface area contributed by atoms with Crippen LogP contribution >= 0.6 is 0 Å². The molecule has 1 fully saturated rings. The number of sulfonamides is 1. The first-order valence-corrected chi connectivity index (χ1v) is 12.0. The number of benzene rings is 2. The van der Waals surface area contributed by atoms with Gasteiger partial charge in [-0.25, -0.2) is 8.42 Å². The fourth-order valence-corrected chi connectivity index (χ4v) is 5.13. The molecule has 1 aliphatic rings. The van der Waals surface area contributed by atoms with Crippen LogP contribution in [0.15, 0.2) is 53.4 Å². The normalized spacial score (nSPS) is 15.9. The Hall–Kier alpha value is -2.42. The van der Waals surface area contributed by atoms with Gasteiger partial charge in [-0.1, -0.05) is 37.3 Å². The van der Waals surface area contributed by atoms with Crippen LogP contribution in [-0.4, -0.2) is 52.0 Å². The molecule has 0 aliphatic carbocycles. The number of carbonyl (C=O) groups is 1. The zero-order valence-electron chi connectivity index (χ0n) is 18.0. The van der Waals surface area contributed by atoms with Crippen LogP contribution in [0.3, 0.4) is 0 Å². The highest BCUT2D eigenvalue weighted by molar-refractivity contribution is 7.89. The Morgan fingerprint density at radius 3 is 2.52 bits per heavy atom. The molecular weight excluding hydrogens is 416 g/mol. The molecule has 31 heavy (non-hydrogen) atoms. The summed E-state index contributed by atoms with van der Waals surface area (Å²) in [5.74, 6) is 0.489. The van der Waals surface area contributed by atoms with Gasteiger partial charge in [0.25, 0.3) is 0 Å². The summed E-state index contributed by atoms with van der Waals surface area (Å²) in [4.78, 5) is 12.8. The summed E-state index contributed by atoms with van der Waals surface area (Å²) in [6.45, 7) is 3.49. The number of rotatable bonds is 9. The van der Waals surface area contributed by atoms with Crippen molar-refractivity contribution in [3.05, 3.63) is 59.7 Å². The predicted octanol–water partition coefficient (Wildman–Crippen LogP) is 2.92. The molecule has 2 aromatic rings. The standard InChI is InChI=1S/C23H30N2O5S/c1-3-21(18-7-5-4-6-8-18)24-23(26)12-9-19-17-20(10-11-22(19)29-2)31(27,28)25-13-15-30-16-14-25/h4-8,10-11,17,21H,3,9,12-16H2,1-2H3,(H,24,26)/t21-/m1/s1. The van der Waals surface area contributed by atoms with Gasteiger partial charge < -0.3 is 14.8 Å².